The van der Waals surface area contributed by atoms with E-state index in [0.717, 1.165) is 20.6 Å². The average molecular weight is 445 g/mol. The lowest BCUT2D eigenvalue weighted by Crippen LogP contribution is -1.94. The molecule has 0 radical (unpaired) electrons. The van der Waals surface area contributed by atoms with Gasteiger partial charge in [0, 0.05) is 14.9 Å². The first-order valence-corrected chi connectivity index (χ1v) is 8.89. The van der Waals surface area contributed by atoms with E-state index in [-0.39, 0.29) is 0 Å². The van der Waals surface area contributed by atoms with Gasteiger partial charge in [-0.3, -0.25) is 0 Å². The highest BCUT2D eigenvalue weighted by Crippen LogP contribution is 2.37. The Kier molecular flexibility index (Phi) is 4.45. The predicted octanol–water partition coefficient (Wildman–Crippen LogP) is 6.36. The first kappa shape index (κ1) is 15.2. The molecule has 3 rings (SSSR count). The number of nitrogens with zero attached hydrogens (tertiary/aromatic N) is 2. The fraction of sp³-hybridized carbons (Fsp3) is 0.0667. The largest absolute Gasteiger partial charge is 0.226 e. The minimum absolute atomic E-state index is 0.418. The van der Waals surface area contributed by atoms with E-state index >= 15 is 0 Å². The van der Waals surface area contributed by atoms with E-state index < -0.39 is 0 Å². The van der Waals surface area contributed by atoms with Crippen LogP contribution in [0.3, 0.4) is 0 Å². The maximum Gasteiger partial charge on any atom is 0.171 e. The third-order valence-electron chi connectivity index (χ3n) is 2.94. The van der Waals surface area contributed by atoms with E-state index in [0.29, 0.717) is 15.5 Å². The summed E-state index contributed by atoms with van der Waals surface area (Å²) in [5.41, 5.74) is 1.80. The molecule has 2 aromatic heterocycles. The summed E-state index contributed by atoms with van der Waals surface area (Å²) in [6.07, 6.45) is 0. The Morgan fingerprint density at radius 2 is 1.81 bits per heavy atom. The van der Waals surface area contributed by atoms with Gasteiger partial charge in [-0.2, -0.15) is 0 Å². The van der Waals surface area contributed by atoms with Crippen LogP contribution in [0.2, 0.25) is 5.15 Å². The highest BCUT2D eigenvalue weighted by Gasteiger charge is 2.15. The van der Waals surface area contributed by atoms with Crippen molar-refractivity contribution in [3.63, 3.8) is 0 Å². The number of aromatic nitrogens is 2. The minimum atomic E-state index is 0.418. The lowest BCUT2D eigenvalue weighted by molar-refractivity contribution is 1.17. The number of halogens is 3. The van der Waals surface area contributed by atoms with Gasteiger partial charge in [0.25, 0.3) is 0 Å². The Bertz CT molecular complexity index is 783. The van der Waals surface area contributed by atoms with Crippen molar-refractivity contribution in [2.24, 2.45) is 0 Å². The molecular weight excluding hydrogens is 436 g/mol. The van der Waals surface area contributed by atoms with Crippen LogP contribution in [0.1, 0.15) is 4.88 Å². The molecular formula is C15H9Br2ClN2S. The minimum Gasteiger partial charge on any atom is -0.226 e. The Morgan fingerprint density at radius 3 is 2.43 bits per heavy atom. The van der Waals surface area contributed by atoms with Crippen molar-refractivity contribution in [2.75, 3.05) is 0 Å². The Balaban J connectivity index is 2.18. The number of hydrogen-bond acceptors (Lipinski definition) is 3. The summed E-state index contributed by atoms with van der Waals surface area (Å²) in [6.45, 7) is 2.05. The molecule has 0 aliphatic rings. The summed E-state index contributed by atoms with van der Waals surface area (Å²) in [7, 11) is 0. The summed E-state index contributed by atoms with van der Waals surface area (Å²) in [5.74, 6) is 0.640. The molecule has 2 heterocycles. The van der Waals surface area contributed by atoms with Crippen molar-refractivity contribution in [2.45, 2.75) is 6.92 Å². The molecule has 1 aromatic carbocycles. The summed E-state index contributed by atoms with van der Waals surface area (Å²) >= 11 is 14.9. The van der Waals surface area contributed by atoms with Crippen molar-refractivity contribution in [3.05, 3.63) is 55.4 Å². The van der Waals surface area contributed by atoms with Crippen molar-refractivity contribution >= 4 is 54.8 Å². The number of aryl methyl sites for hydroxylation is 1. The van der Waals surface area contributed by atoms with Crippen molar-refractivity contribution in [3.8, 4) is 22.0 Å². The van der Waals surface area contributed by atoms with Gasteiger partial charge < -0.3 is 0 Å². The SMILES string of the molecule is Cc1sc(-c2nc(Cl)c(Br)c(-c3ccccc3)n2)cc1Br. The lowest BCUT2D eigenvalue weighted by Gasteiger charge is -2.07. The third kappa shape index (κ3) is 3.06. The van der Waals surface area contributed by atoms with Crippen LogP contribution in [-0.2, 0) is 0 Å². The van der Waals surface area contributed by atoms with Gasteiger partial charge in [0.05, 0.1) is 15.0 Å². The quantitative estimate of drug-likeness (QED) is 0.430. The fourth-order valence-electron chi connectivity index (χ4n) is 1.89. The van der Waals surface area contributed by atoms with Gasteiger partial charge in [0.2, 0.25) is 0 Å². The molecule has 0 amide bonds. The van der Waals surface area contributed by atoms with E-state index in [2.05, 4.69) is 48.8 Å². The summed E-state index contributed by atoms with van der Waals surface area (Å²) in [5, 5.41) is 0.418. The first-order chi connectivity index (χ1) is 10.1. The van der Waals surface area contributed by atoms with E-state index in [1.54, 1.807) is 11.3 Å². The molecule has 0 fully saturated rings. The van der Waals surface area contributed by atoms with Gasteiger partial charge in [-0.25, -0.2) is 9.97 Å². The van der Waals surface area contributed by atoms with Gasteiger partial charge in [-0.05, 0) is 44.8 Å². The molecule has 0 saturated carbocycles. The van der Waals surface area contributed by atoms with E-state index in [9.17, 15) is 0 Å². The molecule has 21 heavy (non-hydrogen) atoms. The summed E-state index contributed by atoms with van der Waals surface area (Å²) in [6, 6.07) is 12.0. The topological polar surface area (TPSA) is 25.8 Å². The predicted molar refractivity (Wildman–Crippen MR) is 95.9 cm³/mol. The van der Waals surface area contributed by atoms with Crippen molar-refractivity contribution < 1.29 is 0 Å². The molecule has 106 valence electrons. The van der Waals surface area contributed by atoms with E-state index in [4.69, 9.17) is 11.6 Å². The number of rotatable bonds is 2. The van der Waals surface area contributed by atoms with Crippen LogP contribution in [0.5, 0.6) is 0 Å². The molecule has 0 aliphatic carbocycles. The van der Waals surface area contributed by atoms with Crippen LogP contribution in [0.4, 0.5) is 0 Å². The van der Waals surface area contributed by atoms with Crippen LogP contribution in [-0.4, -0.2) is 9.97 Å². The smallest absolute Gasteiger partial charge is 0.171 e. The van der Waals surface area contributed by atoms with Crippen molar-refractivity contribution in [1.82, 2.24) is 9.97 Å². The molecule has 6 heteroatoms. The van der Waals surface area contributed by atoms with E-state index in [1.165, 1.54) is 4.88 Å². The van der Waals surface area contributed by atoms with Crippen LogP contribution in [0.15, 0.2) is 45.3 Å². The van der Waals surface area contributed by atoms with Crippen LogP contribution in [0.25, 0.3) is 22.0 Å². The zero-order chi connectivity index (χ0) is 15.0. The highest BCUT2D eigenvalue weighted by atomic mass is 79.9. The number of thiophene rings is 1. The van der Waals surface area contributed by atoms with Gasteiger partial charge in [0.1, 0.15) is 5.15 Å². The molecule has 0 spiro atoms. The van der Waals surface area contributed by atoms with Crippen LogP contribution < -0.4 is 0 Å². The highest BCUT2D eigenvalue weighted by molar-refractivity contribution is 9.11. The van der Waals surface area contributed by atoms with Gasteiger partial charge in [-0.1, -0.05) is 41.9 Å². The number of benzene rings is 1. The molecule has 0 aliphatic heterocycles. The maximum atomic E-state index is 6.26. The van der Waals surface area contributed by atoms with Gasteiger partial charge in [-0.15, -0.1) is 11.3 Å². The monoisotopic (exact) mass is 442 g/mol. The van der Waals surface area contributed by atoms with Gasteiger partial charge in [0.15, 0.2) is 5.82 Å². The molecule has 0 atom stereocenters. The maximum absolute atomic E-state index is 6.26. The summed E-state index contributed by atoms with van der Waals surface area (Å²) < 4.78 is 1.78. The molecule has 0 saturated heterocycles. The average Bonchev–Trinajstić information content (AvgIpc) is 2.82. The molecule has 2 nitrogen and oxygen atoms in total. The first-order valence-electron chi connectivity index (χ1n) is 6.11. The fourth-order valence-corrected chi connectivity index (χ4v) is 3.93. The van der Waals surface area contributed by atoms with Crippen molar-refractivity contribution in [1.29, 1.82) is 0 Å². The third-order valence-corrected chi connectivity index (χ3v) is 6.32. The Morgan fingerprint density at radius 1 is 1.10 bits per heavy atom. The zero-order valence-corrected chi connectivity index (χ0v) is 15.6. The molecule has 3 aromatic rings. The zero-order valence-electron chi connectivity index (χ0n) is 10.9. The van der Waals surface area contributed by atoms with E-state index in [1.807, 2.05) is 36.4 Å². The Hall–Kier alpha value is -0.750. The molecule has 0 unspecified atom stereocenters. The second-order valence-corrected chi connectivity index (χ2v) is 7.64. The summed E-state index contributed by atoms with van der Waals surface area (Å²) in [4.78, 5) is 11.2. The number of hydrogen-bond donors (Lipinski definition) is 0. The van der Waals surface area contributed by atoms with Gasteiger partial charge >= 0.3 is 0 Å². The molecule has 0 N–H and O–H groups in total. The second kappa shape index (κ2) is 6.16. The lowest BCUT2D eigenvalue weighted by atomic mass is 10.1. The Labute approximate surface area is 148 Å². The van der Waals surface area contributed by atoms with Crippen LogP contribution >= 0.6 is 54.8 Å². The normalized spacial score (nSPS) is 10.9. The van der Waals surface area contributed by atoms with Crippen LogP contribution in [0, 0.1) is 6.92 Å². The standard InChI is InChI=1S/C15H9Br2ClN2S/c1-8-10(16)7-11(21-8)15-19-13(12(17)14(18)20-15)9-5-3-2-4-6-9/h2-7H,1H3. The second-order valence-electron chi connectivity index (χ2n) is 4.38. The molecule has 0 bridgehead atoms.